The van der Waals surface area contributed by atoms with E-state index in [-0.39, 0.29) is 65.1 Å². The molecule has 5 heteroatoms. The molecule has 0 aliphatic heterocycles. The SMILES string of the molecule is CCCCCCCCCCCCC(CCCC)CC(C(=O)O)C(=O)O.[H-].[K+]. The molecule has 0 bridgehead atoms. The van der Waals surface area contributed by atoms with Crippen molar-refractivity contribution in [3.63, 3.8) is 0 Å². The Morgan fingerprint density at radius 2 is 1.08 bits per heavy atom. The smallest absolute Gasteiger partial charge is 1.00 e. The standard InChI is InChI=1S/C21H40O4.K.H/c1-3-5-7-8-9-10-11-12-13-14-16-18(15-6-4-2)17-19(20(22)23)21(24)25;;/h18-19H,3-17H2,1-2H3,(H,22,23)(H,24,25);;/q;+1;-1. The minimum absolute atomic E-state index is 0. The second kappa shape index (κ2) is 20.3. The third-order valence-electron chi connectivity index (χ3n) is 5.10. The molecule has 0 aromatic carbocycles. The van der Waals surface area contributed by atoms with E-state index in [1.54, 1.807) is 0 Å². The maximum Gasteiger partial charge on any atom is 1.00 e. The Morgan fingerprint density at radius 1 is 0.692 bits per heavy atom. The molecule has 1 atom stereocenters. The topological polar surface area (TPSA) is 74.6 Å². The second-order valence-electron chi connectivity index (χ2n) is 7.44. The maximum atomic E-state index is 11.1. The van der Waals surface area contributed by atoms with E-state index in [0.29, 0.717) is 0 Å². The molecule has 2 N–H and O–H groups in total. The summed E-state index contributed by atoms with van der Waals surface area (Å²) in [6.45, 7) is 4.35. The molecule has 26 heavy (non-hydrogen) atoms. The Labute approximate surface area is 204 Å². The molecule has 150 valence electrons. The van der Waals surface area contributed by atoms with Gasteiger partial charge in [0.1, 0.15) is 0 Å². The van der Waals surface area contributed by atoms with Gasteiger partial charge in [0.15, 0.2) is 5.92 Å². The average molecular weight is 397 g/mol. The van der Waals surface area contributed by atoms with Gasteiger partial charge in [0.05, 0.1) is 0 Å². The minimum Gasteiger partial charge on any atom is -1.00 e. The van der Waals surface area contributed by atoms with Gasteiger partial charge in [-0.15, -0.1) is 0 Å². The van der Waals surface area contributed by atoms with Crippen LogP contribution in [0.3, 0.4) is 0 Å². The van der Waals surface area contributed by atoms with Crippen molar-refractivity contribution in [3.05, 3.63) is 0 Å². The third kappa shape index (κ3) is 16.7. The average Bonchev–Trinajstić information content (AvgIpc) is 2.57. The largest absolute Gasteiger partial charge is 1.00 e. The molecule has 0 heterocycles. The van der Waals surface area contributed by atoms with Gasteiger partial charge in [-0.05, 0) is 12.3 Å². The van der Waals surface area contributed by atoms with Crippen LogP contribution in [0.15, 0.2) is 0 Å². The molecular formula is C21H41KO4. The van der Waals surface area contributed by atoms with Crippen molar-refractivity contribution < 1.29 is 72.6 Å². The van der Waals surface area contributed by atoms with E-state index < -0.39 is 17.9 Å². The van der Waals surface area contributed by atoms with Crippen molar-refractivity contribution in [2.75, 3.05) is 0 Å². The molecule has 0 spiro atoms. The minimum atomic E-state index is -1.25. The number of carboxylic acid groups (broad SMARTS) is 2. The predicted molar refractivity (Wildman–Crippen MR) is 104 cm³/mol. The van der Waals surface area contributed by atoms with E-state index in [1.165, 1.54) is 57.8 Å². The van der Waals surface area contributed by atoms with Gasteiger partial charge in [0.2, 0.25) is 0 Å². The number of hydrogen-bond acceptors (Lipinski definition) is 2. The molecule has 0 saturated carbocycles. The Bertz CT molecular complexity index is 339. The summed E-state index contributed by atoms with van der Waals surface area (Å²) in [5.74, 6) is -3.41. The molecular weight excluding hydrogens is 355 g/mol. The van der Waals surface area contributed by atoms with Gasteiger partial charge in [-0.2, -0.15) is 0 Å². The summed E-state index contributed by atoms with van der Waals surface area (Å²) in [5.41, 5.74) is 0. The summed E-state index contributed by atoms with van der Waals surface area (Å²) < 4.78 is 0. The van der Waals surface area contributed by atoms with Crippen LogP contribution in [-0.2, 0) is 9.59 Å². The van der Waals surface area contributed by atoms with Crippen molar-refractivity contribution in [2.24, 2.45) is 11.8 Å². The van der Waals surface area contributed by atoms with Crippen LogP contribution in [0.1, 0.15) is 112 Å². The number of hydrogen-bond donors (Lipinski definition) is 2. The van der Waals surface area contributed by atoms with E-state index in [2.05, 4.69) is 13.8 Å². The Hall–Kier alpha value is 0.576. The first-order valence-electron chi connectivity index (χ1n) is 10.5. The van der Waals surface area contributed by atoms with Crippen LogP contribution in [0.25, 0.3) is 0 Å². The number of unbranched alkanes of at least 4 members (excludes halogenated alkanes) is 10. The molecule has 0 radical (unpaired) electrons. The quantitative estimate of drug-likeness (QED) is 0.212. The van der Waals surface area contributed by atoms with Crippen LogP contribution >= 0.6 is 0 Å². The van der Waals surface area contributed by atoms with E-state index in [9.17, 15) is 9.59 Å². The normalized spacial score (nSPS) is 12.0. The van der Waals surface area contributed by atoms with Gasteiger partial charge < -0.3 is 11.6 Å². The molecule has 0 aromatic rings. The summed E-state index contributed by atoms with van der Waals surface area (Å²) in [5, 5.41) is 18.2. The van der Waals surface area contributed by atoms with Gasteiger partial charge in [0.25, 0.3) is 0 Å². The van der Waals surface area contributed by atoms with Crippen LogP contribution in [0.5, 0.6) is 0 Å². The van der Waals surface area contributed by atoms with E-state index in [0.717, 1.165) is 32.1 Å². The van der Waals surface area contributed by atoms with Crippen LogP contribution in [0.2, 0.25) is 0 Å². The van der Waals surface area contributed by atoms with Crippen molar-refractivity contribution in [1.82, 2.24) is 0 Å². The summed E-state index contributed by atoms with van der Waals surface area (Å²) in [6.07, 6.45) is 17.2. The maximum absolute atomic E-state index is 11.1. The molecule has 1 unspecified atom stereocenters. The van der Waals surface area contributed by atoms with E-state index in [1.807, 2.05) is 0 Å². The summed E-state index contributed by atoms with van der Waals surface area (Å²) in [4.78, 5) is 22.2. The first-order valence-corrected chi connectivity index (χ1v) is 10.5. The van der Waals surface area contributed by atoms with Crippen molar-refractivity contribution >= 4 is 11.9 Å². The number of carboxylic acids is 2. The van der Waals surface area contributed by atoms with Crippen LogP contribution in [0, 0.1) is 11.8 Å². The zero-order chi connectivity index (χ0) is 18.9. The zero-order valence-electron chi connectivity index (χ0n) is 18.5. The van der Waals surface area contributed by atoms with Crippen molar-refractivity contribution in [1.29, 1.82) is 0 Å². The summed E-state index contributed by atoms with van der Waals surface area (Å²) in [7, 11) is 0. The molecule has 0 aromatic heterocycles. The van der Waals surface area contributed by atoms with Gasteiger partial charge in [0, 0.05) is 0 Å². The van der Waals surface area contributed by atoms with E-state index >= 15 is 0 Å². The van der Waals surface area contributed by atoms with Crippen LogP contribution < -0.4 is 51.4 Å². The zero-order valence-corrected chi connectivity index (χ0v) is 20.6. The fourth-order valence-corrected chi connectivity index (χ4v) is 3.43. The monoisotopic (exact) mass is 396 g/mol. The summed E-state index contributed by atoms with van der Waals surface area (Å²) in [6, 6.07) is 0. The first-order chi connectivity index (χ1) is 12.0. The van der Waals surface area contributed by atoms with Gasteiger partial charge in [-0.25, -0.2) is 0 Å². The molecule has 0 amide bonds. The fourth-order valence-electron chi connectivity index (χ4n) is 3.43. The molecule has 0 rings (SSSR count). The molecule has 0 aliphatic carbocycles. The van der Waals surface area contributed by atoms with Crippen molar-refractivity contribution in [3.8, 4) is 0 Å². The van der Waals surface area contributed by atoms with Crippen molar-refractivity contribution in [2.45, 2.75) is 110 Å². The molecule has 0 fully saturated rings. The predicted octanol–water partition coefficient (Wildman–Crippen LogP) is 3.40. The Morgan fingerprint density at radius 3 is 1.50 bits per heavy atom. The second-order valence-corrected chi connectivity index (χ2v) is 7.44. The van der Waals surface area contributed by atoms with Crippen LogP contribution in [-0.4, -0.2) is 22.2 Å². The molecule has 0 saturated heterocycles. The van der Waals surface area contributed by atoms with E-state index in [4.69, 9.17) is 10.2 Å². The number of carbonyl (C=O) groups is 2. The molecule has 0 aliphatic rings. The van der Waals surface area contributed by atoms with Gasteiger partial charge in [-0.3, -0.25) is 9.59 Å². The third-order valence-corrected chi connectivity index (χ3v) is 5.10. The Kier molecular flexibility index (Phi) is 22.5. The number of rotatable bonds is 18. The van der Waals surface area contributed by atoms with Gasteiger partial charge >= 0.3 is 63.3 Å². The Balaban J connectivity index is -0.00000288. The first kappa shape index (κ1) is 28.8. The summed E-state index contributed by atoms with van der Waals surface area (Å²) >= 11 is 0. The molecule has 4 nitrogen and oxygen atoms in total. The van der Waals surface area contributed by atoms with Crippen LogP contribution in [0.4, 0.5) is 0 Å². The number of aliphatic carboxylic acids is 2. The fraction of sp³-hybridized carbons (Fsp3) is 0.905. The van der Waals surface area contributed by atoms with Gasteiger partial charge in [-0.1, -0.05) is 104 Å².